The summed E-state index contributed by atoms with van der Waals surface area (Å²) in [6, 6.07) is 7.79. The van der Waals surface area contributed by atoms with Crippen molar-refractivity contribution in [3.05, 3.63) is 51.5 Å². The van der Waals surface area contributed by atoms with E-state index >= 15 is 0 Å². The second-order valence-electron chi connectivity index (χ2n) is 8.44. The Labute approximate surface area is 179 Å². The lowest BCUT2D eigenvalue weighted by Gasteiger charge is -2.40. The second-order valence-corrected chi connectivity index (χ2v) is 9.73. The highest BCUT2D eigenvalue weighted by Gasteiger charge is 2.36. The summed E-state index contributed by atoms with van der Waals surface area (Å²) < 4.78 is 19.5. The molecule has 0 saturated carbocycles. The smallest absolute Gasteiger partial charge is 0.318 e. The number of nitrogens with one attached hydrogen (secondary N) is 1. The van der Waals surface area contributed by atoms with Crippen LogP contribution in [-0.2, 0) is 0 Å². The Kier molecular flexibility index (Phi) is 5.44. The molecule has 30 heavy (non-hydrogen) atoms. The van der Waals surface area contributed by atoms with Crippen LogP contribution in [-0.4, -0.2) is 53.5 Å². The van der Waals surface area contributed by atoms with Crippen molar-refractivity contribution < 1.29 is 18.7 Å². The van der Waals surface area contributed by atoms with Crippen molar-refractivity contribution in [3.63, 3.8) is 0 Å². The fourth-order valence-electron chi connectivity index (χ4n) is 4.01. The molecule has 2 aliphatic rings. The van der Waals surface area contributed by atoms with E-state index in [1.54, 1.807) is 15.9 Å². The van der Waals surface area contributed by atoms with E-state index in [0.29, 0.717) is 38.3 Å². The maximum absolute atomic E-state index is 13.6. The number of ether oxygens (including phenoxy) is 1. The zero-order valence-corrected chi connectivity index (χ0v) is 18.2. The molecule has 1 atom stereocenters. The molecule has 1 fully saturated rings. The van der Waals surface area contributed by atoms with Crippen molar-refractivity contribution in [2.45, 2.75) is 38.8 Å². The number of fused-ring (bicyclic) bond motifs is 1. The van der Waals surface area contributed by atoms with Gasteiger partial charge in [-0.3, -0.25) is 4.79 Å². The standard InChI is InChI=1S/C22H26FN3O3S/c1-14-4-7-19(30-14)20(27)25-8-10-26(11-9-25)21(28)24-17-13-22(2,3)29-18-12-15(23)5-6-16(17)18/h4-7,12,17H,8-11,13H2,1-3H3,(H,24,28). The molecule has 4 rings (SSSR count). The van der Waals surface area contributed by atoms with Gasteiger partial charge in [0.05, 0.1) is 10.9 Å². The summed E-state index contributed by atoms with van der Waals surface area (Å²) in [6.45, 7) is 7.80. The van der Waals surface area contributed by atoms with E-state index < -0.39 is 5.60 Å². The number of piperazine rings is 1. The number of aryl methyl sites for hydroxylation is 1. The van der Waals surface area contributed by atoms with Crippen LogP contribution in [0.5, 0.6) is 5.75 Å². The number of thiophene rings is 1. The molecule has 160 valence electrons. The van der Waals surface area contributed by atoms with Gasteiger partial charge in [-0.2, -0.15) is 0 Å². The maximum Gasteiger partial charge on any atom is 0.318 e. The lowest BCUT2D eigenvalue weighted by molar-refractivity contribution is 0.0606. The fraction of sp³-hybridized carbons (Fsp3) is 0.455. The molecule has 3 heterocycles. The highest BCUT2D eigenvalue weighted by atomic mass is 32.1. The van der Waals surface area contributed by atoms with E-state index in [-0.39, 0.29) is 23.8 Å². The maximum atomic E-state index is 13.6. The molecule has 8 heteroatoms. The van der Waals surface area contributed by atoms with Crippen LogP contribution in [0.1, 0.15) is 46.4 Å². The number of nitrogens with zero attached hydrogens (tertiary/aromatic N) is 2. The molecule has 2 aromatic rings. The number of hydrogen-bond donors (Lipinski definition) is 1. The van der Waals surface area contributed by atoms with Gasteiger partial charge in [-0.05, 0) is 39.0 Å². The van der Waals surface area contributed by atoms with Crippen molar-refractivity contribution in [2.75, 3.05) is 26.2 Å². The van der Waals surface area contributed by atoms with Gasteiger partial charge in [0.1, 0.15) is 17.2 Å². The number of carbonyl (C=O) groups excluding carboxylic acids is 2. The molecule has 6 nitrogen and oxygen atoms in total. The van der Waals surface area contributed by atoms with Crippen molar-refractivity contribution in [2.24, 2.45) is 0 Å². The van der Waals surface area contributed by atoms with Crippen LogP contribution in [0, 0.1) is 12.7 Å². The van der Waals surface area contributed by atoms with E-state index in [1.807, 2.05) is 32.9 Å². The van der Waals surface area contributed by atoms with Crippen molar-refractivity contribution in [1.29, 1.82) is 0 Å². The summed E-state index contributed by atoms with van der Waals surface area (Å²) in [5.41, 5.74) is 0.272. The lowest BCUT2D eigenvalue weighted by Crippen LogP contribution is -2.54. The number of amides is 3. The minimum atomic E-state index is -0.511. The molecule has 1 aromatic heterocycles. The SMILES string of the molecule is Cc1ccc(C(=O)N2CCN(C(=O)NC3CC(C)(C)Oc4cc(F)ccc43)CC2)s1. The van der Waals surface area contributed by atoms with Crippen LogP contribution >= 0.6 is 11.3 Å². The predicted molar refractivity (Wildman–Crippen MR) is 114 cm³/mol. The normalized spacial score (nSPS) is 20.3. The Balaban J connectivity index is 1.39. The first kappa shape index (κ1) is 20.7. The number of carbonyl (C=O) groups is 2. The van der Waals surface area contributed by atoms with Gasteiger partial charge in [0.15, 0.2) is 0 Å². The first-order chi connectivity index (χ1) is 14.2. The zero-order valence-electron chi connectivity index (χ0n) is 17.4. The summed E-state index contributed by atoms with van der Waals surface area (Å²) in [6.07, 6.45) is 0.591. The molecule has 2 aliphatic heterocycles. The fourth-order valence-corrected chi connectivity index (χ4v) is 4.85. The summed E-state index contributed by atoms with van der Waals surface area (Å²) in [5.74, 6) is 0.131. The predicted octanol–water partition coefficient (Wildman–Crippen LogP) is 3.97. The zero-order chi connectivity index (χ0) is 21.5. The van der Waals surface area contributed by atoms with E-state index in [1.165, 1.54) is 23.5 Å². The number of hydrogen-bond acceptors (Lipinski definition) is 4. The molecule has 1 saturated heterocycles. The first-order valence-electron chi connectivity index (χ1n) is 10.1. The molecule has 0 aliphatic carbocycles. The number of halogens is 1. The average Bonchev–Trinajstić information content (AvgIpc) is 3.12. The van der Waals surface area contributed by atoms with Gasteiger partial charge in [0.2, 0.25) is 0 Å². The summed E-state index contributed by atoms with van der Waals surface area (Å²) >= 11 is 1.49. The number of urea groups is 1. The monoisotopic (exact) mass is 431 g/mol. The van der Waals surface area contributed by atoms with Gasteiger partial charge in [-0.1, -0.05) is 6.07 Å². The van der Waals surface area contributed by atoms with Gasteiger partial charge < -0.3 is 19.9 Å². The van der Waals surface area contributed by atoms with E-state index in [0.717, 1.165) is 15.3 Å². The second kappa shape index (κ2) is 7.91. The largest absolute Gasteiger partial charge is 0.487 e. The van der Waals surface area contributed by atoms with E-state index in [2.05, 4.69) is 5.32 Å². The highest BCUT2D eigenvalue weighted by molar-refractivity contribution is 7.13. The first-order valence-corrected chi connectivity index (χ1v) is 10.9. The molecular formula is C22H26FN3O3S. The molecule has 0 spiro atoms. The molecule has 1 unspecified atom stereocenters. The third kappa shape index (κ3) is 4.28. The number of benzene rings is 1. The highest BCUT2D eigenvalue weighted by Crippen LogP contribution is 2.39. The van der Waals surface area contributed by atoms with Crippen LogP contribution in [0.25, 0.3) is 0 Å². The van der Waals surface area contributed by atoms with Gasteiger partial charge in [-0.15, -0.1) is 11.3 Å². The molecule has 1 aromatic carbocycles. The average molecular weight is 432 g/mol. The third-order valence-corrected chi connectivity index (χ3v) is 6.52. The molecule has 3 amide bonds. The Morgan fingerprint density at radius 2 is 1.83 bits per heavy atom. The van der Waals surface area contributed by atoms with Crippen LogP contribution in [0.3, 0.4) is 0 Å². The molecule has 0 radical (unpaired) electrons. The summed E-state index contributed by atoms with van der Waals surface area (Å²) in [4.78, 5) is 30.9. The minimum absolute atomic E-state index is 0.0234. The Morgan fingerprint density at radius 1 is 1.13 bits per heavy atom. The van der Waals surface area contributed by atoms with Gasteiger partial charge in [0, 0.05) is 49.1 Å². The van der Waals surface area contributed by atoms with Crippen molar-refractivity contribution >= 4 is 23.3 Å². The Morgan fingerprint density at radius 3 is 2.50 bits per heavy atom. The van der Waals surface area contributed by atoms with Crippen LogP contribution < -0.4 is 10.1 Å². The Hall–Kier alpha value is -2.61. The third-order valence-electron chi connectivity index (χ3n) is 5.54. The lowest BCUT2D eigenvalue weighted by atomic mass is 9.89. The minimum Gasteiger partial charge on any atom is -0.487 e. The summed E-state index contributed by atoms with van der Waals surface area (Å²) in [7, 11) is 0. The molecule has 0 bridgehead atoms. The van der Waals surface area contributed by atoms with Crippen LogP contribution in [0.2, 0.25) is 0 Å². The van der Waals surface area contributed by atoms with Gasteiger partial charge >= 0.3 is 6.03 Å². The number of rotatable bonds is 2. The quantitative estimate of drug-likeness (QED) is 0.783. The van der Waals surface area contributed by atoms with Crippen molar-refractivity contribution in [1.82, 2.24) is 15.1 Å². The van der Waals surface area contributed by atoms with Crippen molar-refractivity contribution in [3.8, 4) is 5.75 Å². The van der Waals surface area contributed by atoms with Gasteiger partial charge in [-0.25, -0.2) is 9.18 Å². The van der Waals surface area contributed by atoms with Gasteiger partial charge in [0.25, 0.3) is 5.91 Å². The Bertz CT molecular complexity index is 966. The van der Waals surface area contributed by atoms with Crippen LogP contribution in [0.4, 0.5) is 9.18 Å². The van der Waals surface area contributed by atoms with E-state index in [9.17, 15) is 14.0 Å². The molecule has 1 N–H and O–H groups in total. The topological polar surface area (TPSA) is 61.9 Å². The summed E-state index contributed by atoms with van der Waals surface area (Å²) in [5, 5.41) is 3.08. The van der Waals surface area contributed by atoms with E-state index in [4.69, 9.17) is 4.74 Å². The molecular weight excluding hydrogens is 405 g/mol. The van der Waals surface area contributed by atoms with Crippen LogP contribution in [0.15, 0.2) is 30.3 Å².